The van der Waals surface area contributed by atoms with Crippen molar-refractivity contribution in [1.82, 2.24) is 0 Å². The number of hydrogen-bond donors (Lipinski definition) is 1. The number of fused-ring (bicyclic) bond motifs is 1. The summed E-state index contributed by atoms with van der Waals surface area (Å²) in [7, 11) is 1.78. The molecule has 2 nitrogen and oxygen atoms in total. The van der Waals surface area contributed by atoms with E-state index in [-0.39, 0.29) is 0 Å². The zero-order valence-electron chi connectivity index (χ0n) is 10.2. The van der Waals surface area contributed by atoms with Crippen molar-refractivity contribution in [2.75, 3.05) is 25.6 Å². The summed E-state index contributed by atoms with van der Waals surface area (Å²) in [6.07, 6.45) is 2.39. The predicted molar refractivity (Wildman–Crippen MR) is 67.9 cm³/mol. The van der Waals surface area contributed by atoms with Crippen LogP contribution in [0.25, 0.3) is 0 Å². The molecule has 0 radical (unpaired) electrons. The Kier molecular flexibility index (Phi) is 3.83. The van der Waals surface area contributed by atoms with E-state index in [9.17, 15) is 0 Å². The first-order valence-corrected chi connectivity index (χ1v) is 6.14. The molecule has 0 bridgehead atoms. The molecule has 0 saturated carbocycles. The summed E-state index contributed by atoms with van der Waals surface area (Å²) >= 11 is 0. The molecule has 16 heavy (non-hydrogen) atoms. The van der Waals surface area contributed by atoms with E-state index in [1.165, 1.54) is 17.7 Å². The summed E-state index contributed by atoms with van der Waals surface area (Å²) in [5.41, 5.74) is 2.81. The Morgan fingerprint density at radius 2 is 2.25 bits per heavy atom. The molecule has 0 aromatic heterocycles. The zero-order chi connectivity index (χ0) is 11.4. The highest BCUT2D eigenvalue weighted by atomic mass is 16.5. The van der Waals surface area contributed by atoms with Gasteiger partial charge in [0, 0.05) is 25.9 Å². The molecular formula is C14H21NO. The number of para-hydroxylation sites is 1. The largest absolute Gasteiger partial charge is 0.385 e. The summed E-state index contributed by atoms with van der Waals surface area (Å²) in [6.45, 7) is 4.30. The molecule has 2 unspecified atom stereocenters. The third-order valence-electron chi connectivity index (χ3n) is 3.60. The Morgan fingerprint density at radius 1 is 1.44 bits per heavy atom. The Labute approximate surface area is 98.0 Å². The second-order valence-electron chi connectivity index (χ2n) is 4.67. The average molecular weight is 219 g/mol. The number of methoxy groups -OCH3 is 1. The molecule has 0 aliphatic carbocycles. The quantitative estimate of drug-likeness (QED) is 0.839. The van der Waals surface area contributed by atoms with Crippen molar-refractivity contribution in [3.05, 3.63) is 29.8 Å². The summed E-state index contributed by atoms with van der Waals surface area (Å²) in [5.74, 6) is 1.38. The Morgan fingerprint density at radius 3 is 3.06 bits per heavy atom. The van der Waals surface area contributed by atoms with E-state index in [0.717, 1.165) is 19.6 Å². The summed E-state index contributed by atoms with van der Waals surface area (Å²) in [5, 5.41) is 3.47. The minimum absolute atomic E-state index is 0.688. The van der Waals surface area contributed by atoms with Crippen LogP contribution in [0.5, 0.6) is 0 Å². The second-order valence-corrected chi connectivity index (χ2v) is 4.67. The van der Waals surface area contributed by atoms with Crippen molar-refractivity contribution in [2.45, 2.75) is 25.7 Å². The fraction of sp³-hybridized carbons (Fsp3) is 0.571. The van der Waals surface area contributed by atoms with Gasteiger partial charge in [0.1, 0.15) is 0 Å². The summed E-state index contributed by atoms with van der Waals surface area (Å²) in [6, 6.07) is 8.69. The van der Waals surface area contributed by atoms with E-state index in [1.807, 2.05) is 0 Å². The first-order valence-electron chi connectivity index (χ1n) is 6.14. The van der Waals surface area contributed by atoms with Crippen LogP contribution in [0.3, 0.4) is 0 Å². The molecule has 1 aromatic carbocycles. The van der Waals surface area contributed by atoms with Crippen LogP contribution in [0.15, 0.2) is 24.3 Å². The molecule has 1 aliphatic heterocycles. The molecule has 1 N–H and O–H groups in total. The smallest absolute Gasteiger partial charge is 0.0465 e. The van der Waals surface area contributed by atoms with Crippen LogP contribution in [0.2, 0.25) is 0 Å². The zero-order valence-corrected chi connectivity index (χ0v) is 10.2. The molecule has 1 aliphatic rings. The molecule has 2 rings (SSSR count). The molecule has 88 valence electrons. The van der Waals surface area contributed by atoms with Crippen molar-refractivity contribution in [1.29, 1.82) is 0 Å². The average Bonchev–Trinajstić information content (AvgIpc) is 2.35. The van der Waals surface area contributed by atoms with Crippen LogP contribution in [-0.2, 0) is 4.74 Å². The maximum Gasteiger partial charge on any atom is 0.0465 e. The van der Waals surface area contributed by atoms with Gasteiger partial charge in [-0.05, 0) is 36.3 Å². The number of ether oxygens (including phenoxy) is 1. The van der Waals surface area contributed by atoms with Crippen molar-refractivity contribution in [2.24, 2.45) is 5.92 Å². The van der Waals surface area contributed by atoms with Crippen molar-refractivity contribution in [3.8, 4) is 0 Å². The van der Waals surface area contributed by atoms with Gasteiger partial charge < -0.3 is 10.1 Å². The highest BCUT2D eigenvalue weighted by Crippen LogP contribution is 2.37. The van der Waals surface area contributed by atoms with E-state index in [1.54, 1.807) is 7.11 Å². The lowest BCUT2D eigenvalue weighted by atomic mass is 9.80. The molecule has 0 amide bonds. The molecule has 0 spiro atoms. The van der Waals surface area contributed by atoms with Gasteiger partial charge in [0.15, 0.2) is 0 Å². The van der Waals surface area contributed by atoms with E-state index in [4.69, 9.17) is 4.74 Å². The van der Waals surface area contributed by atoms with Gasteiger partial charge in [0.05, 0.1) is 0 Å². The van der Waals surface area contributed by atoms with Crippen LogP contribution in [0.4, 0.5) is 5.69 Å². The summed E-state index contributed by atoms with van der Waals surface area (Å²) < 4.78 is 5.18. The first-order chi connectivity index (χ1) is 7.83. The lowest BCUT2D eigenvalue weighted by molar-refractivity contribution is 0.173. The SMILES string of the molecule is COCCC(C)C1CCNc2ccccc21. The van der Waals surface area contributed by atoms with E-state index >= 15 is 0 Å². The monoisotopic (exact) mass is 219 g/mol. The number of anilines is 1. The van der Waals surface area contributed by atoms with Gasteiger partial charge >= 0.3 is 0 Å². The Bertz CT molecular complexity index is 337. The second kappa shape index (κ2) is 5.35. The number of benzene rings is 1. The Balaban J connectivity index is 2.12. The Hall–Kier alpha value is -1.02. The summed E-state index contributed by atoms with van der Waals surface area (Å²) in [4.78, 5) is 0. The molecule has 1 heterocycles. The molecule has 0 fully saturated rings. The first kappa shape index (κ1) is 11.5. The van der Waals surface area contributed by atoms with Crippen LogP contribution >= 0.6 is 0 Å². The normalized spacial score (nSPS) is 21.0. The maximum absolute atomic E-state index is 5.18. The standard InChI is InChI=1S/C14H21NO/c1-11(8-10-16-2)12-7-9-15-14-6-4-3-5-13(12)14/h3-6,11-12,15H,7-10H2,1-2H3. The number of nitrogens with one attached hydrogen (secondary N) is 1. The van der Waals surface area contributed by atoms with Gasteiger partial charge in [0.2, 0.25) is 0 Å². The van der Waals surface area contributed by atoms with Crippen molar-refractivity contribution in [3.63, 3.8) is 0 Å². The van der Waals surface area contributed by atoms with Crippen LogP contribution in [0, 0.1) is 5.92 Å². The minimum atomic E-state index is 0.688. The molecule has 2 heteroatoms. The molecule has 0 saturated heterocycles. The maximum atomic E-state index is 5.18. The van der Waals surface area contributed by atoms with Crippen molar-refractivity contribution < 1.29 is 4.74 Å². The number of hydrogen-bond acceptors (Lipinski definition) is 2. The lowest BCUT2D eigenvalue weighted by Gasteiger charge is -2.31. The van der Waals surface area contributed by atoms with Gasteiger partial charge in [-0.15, -0.1) is 0 Å². The molecule has 2 atom stereocenters. The van der Waals surface area contributed by atoms with Crippen LogP contribution in [0.1, 0.15) is 31.2 Å². The van der Waals surface area contributed by atoms with Gasteiger partial charge in [-0.3, -0.25) is 0 Å². The molecular weight excluding hydrogens is 198 g/mol. The van der Waals surface area contributed by atoms with E-state index in [0.29, 0.717) is 11.8 Å². The van der Waals surface area contributed by atoms with Crippen LogP contribution < -0.4 is 5.32 Å². The predicted octanol–water partition coefficient (Wildman–Crippen LogP) is 3.26. The molecule has 1 aromatic rings. The third kappa shape index (κ3) is 2.38. The fourth-order valence-electron chi connectivity index (χ4n) is 2.60. The van der Waals surface area contributed by atoms with E-state index in [2.05, 4.69) is 36.5 Å². The van der Waals surface area contributed by atoms with Crippen molar-refractivity contribution >= 4 is 5.69 Å². The van der Waals surface area contributed by atoms with Crippen LogP contribution in [-0.4, -0.2) is 20.3 Å². The minimum Gasteiger partial charge on any atom is -0.385 e. The third-order valence-corrected chi connectivity index (χ3v) is 3.60. The van der Waals surface area contributed by atoms with E-state index < -0.39 is 0 Å². The van der Waals surface area contributed by atoms with Gasteiger partial charge in [-0.2, -0.15) is 0 Å². The van der Waals surface area contributed by atoms with Gasteiger partial charge in [-0.25, -0.2) is 0 Å². The lowest BCUT2D eigenvalue weighted by Crippen LogP contribution is -2.22. The highest BCUT2D eigenvalue weighted by Gasteiger charge is 2.24. The topological polar surface area (TPSA) is 21.3 Å². The number of rotatable bonds is 4. The van der Waals surface area contributed by atoms with Gasteiger partial charge in [-0.1, -0.05) is 25.1 Å². The van der Waals surface area contributed by atoms with Gasteiger partial charge in [0.25, 0.3) is 0 Å². The highest BCUT2D eigenvalue weighted by molar-refractivity contribution is 5.54. The fourth-order valence-corrected chi connectivity index (χ4v) is 2.60.